The third kappa shape index (κ3) is 3.26. The fourth-order valence-electron chi connectivity index (χ4n) is 1.56. The molecule has 2 aromatic rings. The van der Waals surface area contributed by atoms with Gasteiger partial charge in [0.1, 0.15) is 17.3 Å². The van der Waals surface area contributed by atoms with Gasteiger partial charge in [-0.25, -0.2) is 4.39 Å². The van der Waals surface area contributed by atoms with Gasteiger partial charge in [-0.3, -0.25) is 0 Å². The number of halogens is 5. The van der Waals surface area contributed by atoms with Crippen LogP contribution < -0.4 is 0 Å². The number of alkyl halides is 4. The molecule has 0 fully saturated rings. The highest BCUT2D eigenvalue weighted by atomic mass is 35.5. The lowest BCUT2D eigenvalue weighted by Crippen LogP contribution is -2.05. The van der Waals surface area contributed by atoms with E-state index < -0.39 is 17.6 Å². The van der Waals surface area contributed by atoms with Crippen molar-refractivity contribution >= 4 is 11.6 Å². The molecule has 0 aliphatic carbocycles. The Morgan fingerprint density at radius 2 is 1.89 bits per heavy atom. The molecule has 0 amide bonds. The molecule has 0 radical (unpaired) electrons. The Kier molecular flexibility index (Phi) is 3.80. The summed E-state index contributed by atoms with van der Waals surface area (Å²) in [6.45, 7) is 0. The molecule has 0 N–H and O–H groups in total. The summed E-state index contributed by atoms with van der Waals surface area (Å²) < 4.78 is 55.8. The molecule has 0 aliphatic heterocycles. The van der Waals surface area contributed by atoms with Crippen LogP contribution in [0.1, 0.15) is 11.3 Å². The van der Waals surface area contributed by atoms with Gasteiger partial charge in [0.05, 0.1) is 5.56 Å². The van der Waals surface area contributed by atoms with E-state index in [1.165, 1.54) is 6.07 Å². The van der Waals surface area contributed by atoms with Crippen LogP contribution in [-0.2, 0) is 12.6 Å². The minimum Gasteiger partial charge on any atom is -0.361 e. The van der Waals surface area contributed by atoms with E-state index in [1.807, 2.05) is 0 Å². The summed E-state index contributed by atoms with van der Waals surface area (Å²) in [7, 11) is 0. The molecule has 0 atom stereocenters. The van der Waals surface area contributed by atoms with Crippen LogP contribution in [0.3, 0.4) is 0 Å². The summed E-state index contributed by atoms with van der Waals surface area (Å²) in [6.07, 6.45) is -4.21. The standard InChI is InChI=1S/C12H8ClF4NO/c13-2-1-10-6-11(18-19-10)7-3-8(12(15,16)17)5-9(14)4-7/h3-6H,1-2H2. The predicted molar refractivity (Wildman–Crippen MR) is 61.3 cm³/mol. The molecule has 0 aliphatic rings. The van der Waals surface area contributed by atoms with E-state index >= 15 is 0 Å². The minimum absolute atomic E-state index is 0.0110. The van der Waals surface area contributed by atoms with Crippen LogP contribution in [0, 0.1) is 5.82 Å². The van der Waals surface area contributed by atoms with Gasteiger partial charge >= 0.3 is 6.18 Å². The Bertz CT molecular complexity index is 579. The number of rotatable bonds is 3. The summed E-state index contributed by atoms with van der Waals surface area (Å²) in [5, 5.41) is 3.60. The highest BCUT2D eigenvalue weighted by Crippen LogP contribution is 2.33. The van der Waals surface area contributed by atoms with Crippen LogP contribution >= 0.6 is 11.6 Å². The highest BCUT2D eigenvalue weighted by molar-refractivity contribution is 6.17. The minimum atomic E-state index is -4.61. The van der Waals surface area contributed by atoms with E-state index in [4.69, 9.17) is 16.1 Å². The fraction of sp³-hybridized carbons (Fsp3) is 0.250. The smallest absolute Gasteiger partial charge is 0.361 e. The largest absolute Gasteiger partial charge is 0.416 e. The Labute approximate surface area is 111 Å². The van der Waals surface area contributed by atoms with Crippen molar-refractivity contribution in [3.05, 3.63) is 41.4 Å². The summed E-state index contributed by atoms with van der Waals surface area (Å²) in [6, 6.07) is 3.67. The van der Waals surface area contributed by atoms with Crippen LogP contribution in [-0.4, -0.2) is 11.0 Å². The third-order valence-corrected chi connectivity index (χ3v) is 2.61. The lowest BCUT2D eigenvalue weighted by molar-refractivity contribution is -0.137. The monoisotopic (exact) mass is 293 g/mol. The molecule has 0 saturated heterocycles. The van der Waals surface area contributed by atoms with Gasteiger partial charge < -0.3 is 4.52 Å². The SMILES string of the molecule is Fc1cc(-c2cc(CCCl)on2)cc(C(F)(F)F)c1. The molecule has 102 valence electrons. The summed E-state index contributed by atoms with van der Waals surface area (Å²) in [4.78, 5) is 0. The number of aromatic nitrogens is 1. The second-order valence-electron chi connectivity index (χ2n) is 3.84. The highest BCUT2D eigenvalue weighted by Gasteiger charge is 2.31. The summed E-state index contributed by atoms with van der Waals surface area (Å²) in [5.74, 6) is -0.250. The zero-order valence-electron chi connectivity index (χ0n) is 9.47. The Morgan fingerprint density at radius 3 is 2.53 bits per heavy atom. The van der Waals surface area contributed by atoms with Crippen molar-refractivity contribution in [2.75, 3.05) is 5.88 Å². The van der Waals surface area contributed by atoms with Crippen molar-refractivity contribution in [3.63, 3.8) is 0 Å². The molecule has 7 heteroatoms. The average molecular weight is 294 g/mol. The van der Waals surface area contributed by atoms with Crippen LogP contribution in [0.2, 0.25) is 0 Å². The zero-order chi connectivity index (χ0) is 14.0. The van der Waals surface area contributed by atoms with E-state index in [0.29, 0.717) is 24.1 Å². The molecule has 0 unspecified atom stereocenters. The maximum atomic E-state index is 13.2. The normalized spacial score (nSPS) is 11.8. The molecule has 2 nitrogen and oxygen atoms in total. The quantitative estimate of drug-likeness (QED) is 0.623. The first-order valence-corrected chi connectivity index (χ1v) is 5.83. The predicted octanol–water partition coefficient (Wildman–Crippen LogP) is 4.28. The van der Waals surface area contributed by atoms with Crippen molar-refractivity contribution in [1.82, 2.24) is 5.16 Å². The van der Waals surface area contributed by atoms with E-state index in [2.05, 4.69) is 5.16 Å². The van der Waals surface area contributed by atoms with Crippen molar-refractivity contribution in [3.8, 4) is 11.3 Å². The van der Waals surface area contributed by atoms with Crippen molar-refractivity contribution < 1.29 is 22.1 Å². The van der Waals surface area contributed by atoms with Crippen molar-refractivity contribution in [2.24, 2.45) is 0 Å². The number of aryl methyl sites for hydroxylation is 1. The average Bonchev–Trinajstić information content (AvgIpc) is 2.76. The number of hydrogen-bond acceptors (Lipinski definition) is 2. The van der Waals surface area contributed by atoms with Crippen molar-refractivity contribution in [1.29, 1.82) is 0 Å². The van der Waals surface area contributed by atoms with Gasteiger partial charge in [0.2, 0.25) is 0 Å². The summed E-state index contributed by atoms with van der Waals surface area (Å²) >= 11 is 5.51. The van der Waals surface area contributed by atoms with Gasteiger partial charge in [0.25, 0.3) is 0 Å². The van der Waals surface area contributed by atoms with E-state index in [9.17, 15) is 17.6 Å². The maximum Gasteiger partial charge on any atom is 0.416 e. The molecular formula is C12H8ClF4NO. The molecule has 0 spiro atoms. The van der Waals surface area contributed by atoms with Gasteiger partial charge in [0.15, 0.2) is 0 Å². The van der Waals surface area contributed by atoms with Gasteiger partial charge in [-0.05, 0) is 18.2 Å². The van der Waals surface area contributed by atoms with Crippen LogP contribution in [0.15, 0.2) is 28.8 Å². The number of nitrogens with zero attached hydrogens (tertiary/aromatic N) is 1. The lowest BCUT2D eigenvalue weighted by atomic mass is 10.1. The molecule has 2 rings (SSSR count). The number of benzene rings is 1. The van der Waals surface area contributed by atoms with Crippen LogP contribution in [0.5, 0.6) is 0 Å². The topological polar surface area (TPSA) is 26.0 Å². The van der Waals surface area contributed by atoms with Crippen LogP contribution in [0.4, 0.5) is 17.6 Å². The Hall–Kier alpha value is -1.56. The Balaban J connectivity index is 2.41. The molecule has 19 heavy (non-hydrogen) atoms. The van der Waals surface area contributed by atoms with Gasteiger partial charge in [-0.1, -0.05) is 5.16 Å². The lowest BCUT2D eigenvalue weighted by Gasteiger charge is -2.07. The first-order chi connectivity index (χ1) is 8.90. The van der Waals surface area contributed by atoms with E-state index in [1.54, 1.807) is 0 Å². The molecule has 0 bridgehead atoms. The van der Waals surface area contributed by atoms with E-state index in [-0.39, 0.29) is 11.3 Å². The second-order valence-corrected chi connectivity index (χ2v) is 4.22. The van der Waals surface area contributed by atoms with Gasteiger partial charge in [-0.15, -0.1) is 11.6 Å². The fourth-order valence-corrected chi connectivity index (χ4v) is 1.75. The molecule has 0 saturated carbocycles. The zero-order valence-corrected chi connectivity index (χ0v) is 10.2. The Morgan fingerprint density at radius 1 is 1.16 bits per heavy atom. The third-order valence-electron chi connectivity index (χ3n) is 2.42. The first-order valence-electron chi connectivity index (χ1n) is 5.30. The van der Waals surface area contributed by atoms with Gasteiger partial charge in [-0.2, -0.15) is 13.2 Å². The number of hydrogen-bond donors (Lipinski definition) is 0. The molecule has 1 aromatic heterocycles. The molecular weight excluding hydrogens is 286 g/mol. The van der Waals surface area contributed by atoms with E-state index in [0.717, 1.165) is 12.1 Å². The first kappa shape index (κ1) is 13.9. The maximum absolute atomic E-state index is 13.2. The second kappa shape index (κ2) is 5.21. The molecule has 1 heterocycles. The van der Waals surface area contributed by atoms with Crippen molar-refractivity contribution in [2.45, 2.75) is 12.6 Å². The summed E-state index contributed by atoms with van der Waals surface area (Å²) in [5.41, 5.74) is -0.911. The van der Waals surface area contributed by atoms with Gasteiger partial charge in [0, 0.05) is 23.9 Å². The molecule has 1 aromatic carbocycles. The van der Waals surface area contributed by atoms with Crippen LogP contribution in [0.25, 0.3) is 11.3 Å².